The summed E-state index contributed by atoms with van der Waals surface area (Å²) in [5.74, 6) is 0.805. The van der Waals surface area contributed by atoms with Crippen molar-refractivity contribution in [2.24, 2.45) is 0 Å². The average molecular weight is 361 g/mol. The van der Waals surface area contributed by atoms with Gasteiger partial charge in [0.1, 0.15) is 22.4 Å². The minimum atomic E-state index is 0.510. The number of methoxy groups -OCH3 is 1. The minimum Gasteiger partial charge on any atom is -0.497 e. The molecule has 0 saturated heterocycles. The van der Waals surface area contributed by atoms with Gasteiger partial charge in [0.15, 0.2) is 0 Å². The predicted molar refractivity (Wildman–Crippen MR) is 107 cm³/mol. The number of benzene rings is 2. The molecule has 0 radical (unpaired) electrons. The molecule has 0 unspecified atom stereocenters. The molecule has 3 aromatic rings. The van der Waals surface area contributed by atoms with E-state index in [9.17, 15) is 5.26 Å². The highest BCUT2D eigenvalue weighted by molar-refractivity contribution is 7.11. The van der Waals surface area contributed by atoms with Gasteiger partial charge in [0.25, 0.3) is 0 Å². The fraction of sp³-hybridized carbons (Fsp3) is 0.143. The molecule has 1 aromatic heterocycles. The predicted octanol–water partition coefficient (Wildman–Crippen LogP) is 5.41. The lowest BCUT2D eigenvalue weighted by Gasteiger charge is -2.06. The summed E-state index contributed by atoms with van der Waals surface area (Å²) < 4.78 is 5.18. The van der Waals surface area contributed by atoms with Gasteiger partial charge in [-0.3, -0.25) is 0 Å². The molecular formula is C21H19N3OS. The molecule has 0 saturated carbocycles. The molecule has 0 fully saturated rings. The van der Waals surface area contributed by atoms with Crippen molar-refractivity contribution in [3.8, 4) is 23.1 Å². The Hall–Kier alpha value is -3.10. The number of nitriles is 1. The second-order valence-electron chi connectivity index (χ2n) is 5.90. The van der Waals surface area contributed by atoms with Gasteiger partial charge in [-0.1, -0.05) is 12.1 Å². The van der Waals surface area contributed by atoms with Crippen LogP contribution < -0.4 is 10.1 Å². The zero-order valence-corrected chi connectivity index (χ0v) is 15.7. The number of aryl methyl sites for hydroxylation is 2. The van der Waals surface area contributed by atoms with Crippen LogP contribution in [0.25, 0.3) is 16.8 Å². The van der Waals surface area contributed by atoms with Gasteiger partial charge in [-0.05, 0) is 55.3 Å². The molecule has 3 rings (SSSR count). The van der Waals surface area contributed by atoms with E-state index in [0.29, 0.717) is 10.6 Å². The van der Waals surface area contributed by atoms with E-state index < -0.39 is 0 Å². The van der Waals surface area contributed by atoms with Crippen molar-refractivity contribution in [3.63, 3.8) is 0 Å². The molecule has 26 heavy (non-hydrogen) atoms. The summed E-state index contributed by atoms with van der Waals surface area (Å²) in [6.07, 6.45) is 1.72. The normalized spacial score (nSPS) is 11.1. The monoisotopic (exact) mass is 361 g/mol. The molecule has 0 aliphatic heterocycles. The Morgan fingerprint density at radius 2 is 1.96 bits per heavy atom. The molecule has 1 N–H and O–H groups in total. The van der Waals surface area contributed by atoms with Crippen LogP contribution in [0.1, 0.15) is 16.1 Å². The fourth-order valence-corrected chi connectivity index (χ4v) is 3.27. The van der Waals surface area contributed by atoms with Gasteiger partial charge in [0.05, 0.1) is 12.8 Å². The smallest absolute Gasteiger partial charge is 0.136 e. The molecular weight excluding hydrogens is 342 g/mol. The maximum absolute atomic E-state index is 9.52. The quantitative estimate of drug-likeness (QED) is 0.617. The van der Waals surface area contributed by atoms with Crippen LogP contribution in [0.3, 0.4) is 0 Å². The third-order valence-electron chi connectivity index (χ3n) is 4.01. The molecule has 0 bridgehead atoms. The number of anilines is 1. The van der Waals surface area contributed by atoms with Crippen LogP contribution in [0.4, 0.5) is 5.69 Å². The first kappa shape index (κ1) is 17.7. The van der Waals surface area contributed by atoms with E-state index >= 15 is 0 Å². The van der Waals surface area contributed by atoms with Crippen molar-refractivity contribution in [2.45, 2.75) is 13.8 Å². The number of hydrogen-bond acceptors (Lipinski definition) is 5. The van der Waals surface area contributed by atoms with Gasteiger partial charge in [-0.2, -0.15) is 5.26 Å². The lowest BCUT2D eigenvalue weighted by molar-refractivity contribution is 0.415. The van der Waals surface area contributed by atoms with Gasteiger partial charge in [-0.25, -0.2) is 4.98 Å². The van der Waals surface area contributed by atoms with Gasteiger partial charge in [-0.15, -0.1) is 11.3 Å². The minimum absolute atomic E-state index is 0.510. The zero-order valence-electron chi connectivity index (χ0n) is 14.9. The molecule has 2 aromatic carbocycles. The van der Waals surface area contributed by atoms with Crippen LogP contribution in [0.5, 0.6) is 5.75 Å². The van der Waals surface area contributed by atoms with E-state index in [0.717, 1.165) is 28.3 Å². The van der Waals surface area contributed by atoms with E-state index in [1.165, 1.54) is 16.9 Å². The van der Waals surface area contributed by atoms with Crippen LogP contribution in [0.2, 0.25) is 0 Å². The van der Waals surface area contributed by atoms with Crippen molar-refractivity contribution < 1.29 is 4.74 Å². The fourth-order valence-electron chi connectivity index (χ4n) is 2.47. The Bertz CT molecular complexity index is 981. The Labute approximate surface area is 157 Å². The van der Waals surface area contributed by atoms with Gasteiger partial charge >= 0.3 is 0 Å². The molecule has 0 spiro atoms. The Kier molecular flexibility index (Phi) is 5.35. The van der Waals surface area contributed by atoms with Crippen molar-refractivity contribution >= 4 is 22.6 Å². The lowest BCUT2D eigenvalue weighted by Crippen LogP contribution is -1.94. The van der Waals surface area contributed by atoms with Crippen LogP contribution in [-0.2, 0) is 0 Å². The summed E-state index contributed by atoms with van der Waals surface area (Å²) in [6.45, 7) is 4.08. The first-order valence-corrected chi connectivity index (χ1v) is 9.03. The van der Waals surface area contributed by atoms with Gasteiger partial charge in [0.2, 0.25) is 0 Å². The van der Waals surface area contributed by atoms with Crippen LogP contribution >= 0.6 is 11.3 Å². The number of ether oxygens (including phenoxy) is 1. The molecule has 1 heterocycles. The van der Waals surface area contributed by atoms with Crippen molar-refractivity contribution in [2.75, 3.05) is 12.4 Å². The summed E-state index contributed by atoms with van der Waals surface area (Å²) in [4.78, 5) is 4.61. The maximum atomic E-state index is 9.52. The third kappa shape index (κ3) is 3.93. The second-order valence-corrected chi connectivity index (χ2v) is 6.76. The molecule has 0 atom stereocenters. The summed E-state index contributed by atoms with van der Waals surface area (Å²) >= 11 is 1.46. The number of rotatable bonds is 5. The van der Waals surface area contributed by atoms with E-state index in [4.69, 9.17) is 4.74 Å². The number of hydrogen-bond donors (Lipinski definition) is 1. The van der Waals surface area contributed by atoms with Crippen molar-refractivity contribution in [3.05, 3.63) is 70.2 Å². The number of allylic oxidation sites excluding steroid dienone is 1. The highest BCUT2D eigenvalue weighted by Crippen LogP contribution is 2.27. The molecule has 130 valence electrons. The first-order chi connectivity index (χ1) is 12.6. The van der Waals surface area contributed by atoms with Crippen molar-refractivity contribution in [1.29, 1.82) is 5.26 Å². The largest absolute Gasteiger partial charge is 0.497 e. The average Bonchev–Trinajstić information content (AvgIpc) is 3.15. The SMILES string of the molecule is COc1ccc(-c2csc(/C(C#N)=C/Nc3cc(C)ccc3C)n2)cc1. The second kappa shape index (κ2) is 7.85. The molecule has 4 nitrogen and oxygen atoms in total. The van der Waals surface area contributed by atoms with E-state index in [2.05, 4.69) is 34.6 Å². The number of nitrogens with zero attached hydrogens (tertiary/aromatic N) is 2. The summed E-state index contributed by atoms with van der Waals surface area (Å²) in [7, 11) is 1.64. The third-order valence-corrected chi connectivity index (χ3v) is 4.88. The Morgan fingerprint density at radius 1 is 1.19 bits per heavy atom. The summed E-state index contributed by atoms with van der Waals surface area (Å²) in [6, 6.07) is 16.1. The van der Waals surface area contributed by atoms with Gasteiger partial charge < -0.3 is 10.1 Å². The molecule has 0 aliphatic carbocycles. The highest BCUT2D eigenvalue weighted by Gasteiger charge is 2.09. The van der Waals surface area contributed by atoms with E-state index in [1.807, 2.05) is 43.5 Å². The van der Waals surface area contributed by atoms with Gasteiger partial charge in [0, 0.05) is 22.8 Å². The maximum Gasteiger partial charge on any atom is 0.136 e. The number of thiazole rings is 1. The number of nitrogens with one attached hydrogen (secondary N) is 1. The Balaban J connectivity index is 1.83. The van der Waals surface area contributed by atoms with Crippen LogP contribution in [-0.4, -0.2) is 12.1 Å². The van der Waals surface area contributed by atoms with E-state index in [-0.39, 0.29) is 0 Å². The van der Waals surface area contributed by atoms with Crippen molar-refractivity contribution in [1.82, 2.24) is 4.98 Å². The Morgan fingerprint density at radius 3 is 2.65 bits per heavy atom. The standard InChI is InChI=1S/C21H19N3OS/c1-14-4-5-15(2)19(10-14)23-12-17(11-22)21-24-20(13-26-21)16-6-8-18(25-3)9-7-16/h4-10,12-13,23H,1-3H3/b17-12+. The zero-order chi connectivity index (χ0) is 18.5. The summed E-state index contributed by atoms with van der Waals surface area (Å²) in [5, 5.41) is 15.4. The summed E-state index contributed by atoms with van der Waals surface area (Å²) in [5.41, 5.74) is 5.64. The number of aromatic nitrogens is 1. The lowest BCUT2D eigenvalue weighted by atomic mass is 10.1. The molecule has 0 aliphatic rings. The van der Waals surface area contributed by atoms with Crippen LogP contribution in [0, 0.1) is 25.2 Å². The highest BCUT2D eigenvalue weighted by atomic mass is 32.1. The topological polar surface area (TPSA) is 57.9 Å². The van der Waals surface area contributed by atoms with Crippen LogP contribution in [0.15, 0.2) is 54.0 Å². The molecule has 0 amide bonds. The molecule has 5 heteroatoms. The van der Waals surface area contributed by atoms with E-state index in [1.54, 1.807) is 13.3 Å². The first-order valence-electron chi connectivity index (χ1n) is 8.15.